The van der Waals surface area contributed by atoms with Crippen molar-refractivity contribution in [2.24, 2.45) is 0 Å². The van der Waals surface area contributed by atoms with E-state index >= 15 is 0 Å². The smallest absolute Gasteiger partial charge is 0.333 e. The van der Waals surface area contributed by atoms with Gasteiger partial charge in [0.2, 0.25) is 0 Å². The van der Waals surface area contributed by atoms with Crippen LogP contribution in [0.1, 0.15) is 33.1 Å². The monoisotopic (exact) mass is 182 g/mol. The van der Waals surface area contributed by atoms with E-state index in [0.717, 1.165) is 19.3 Å². The van der Waals surface area contributed by atoms with Gasteiger partial charge in [-0.25, -0.2) is 4.79 Å². The Morgan fingerprint density at radius 3 is 2.54 bits per heavy atom. The minimum atomic E-state index is -0.302. The first-order valence-electron chi connectivity index (χ1n) is 4.66. The molecule has 0 aromatic carbocycles. The summed E-state index contributed by atoms with van der Waals surface area (Å²) in [5, 5.41) is 0. The molecule has 74 valence electrons. The van der Waals surface area contributed by atoms with Crippen molar-refractivity contribution in [2.75, 3.05) is 6.61 Å². The predicted molar refractivity (Wildman–Crippen MR) is 54.4 cm³/mol. The number of esters is 1. The molecule has 0 aliphatic heterocycles. The van der Waals surface area contributed by atoms with Gasteiger partial charge in [0.25, 0.3) is 0 Å². The van der Waals surface area contributed by atoms with Crippen LogP contribution in [0.25, 0.3) is 0 Å². The van der Waals surface area contributed by atoms with Crippen molar-refractivity contribution in [1.29, 1.82) is 0 Å². The maximum Gasteiger partial charge on any atom is 0.333 e. The Kier molecular flexibility index (Phi) is 6.98. The summed E-state index contributed by atoms with van der Waals surface area (Å²) in [6.45, 7) is 7.72. The third kappa shape index (κ3) is 7.32. The highest BCUT2D eigenvalue weighted by atomic mass is 16.5. The Morgan fingerprint density at radius 2 is 2.00 bits per heavy atom. The molecule has 0 N–H and O–H groups in total. The summed E-state index contributed by atoms with van der Waals surface area (Å²) in [6.07, 6.45) is 7.18. The molecule has 0 heterocycles. The third-order valence-electron chi connectivity index (χ3n) is 1.49. The van der Waals surface area contributed by atoms with E-state index in [1.807, 2.05) is 6.08 Å². The van der Waals surface area contributed by atoms with E-state index in [2.05, 4.69) is 19.6 Å². The zero-order chi connectivity index (χ0) is 10.1. The van der Waals surface area contributed by atoms with Gasteiger partial charge in [0.05, 0.1) is 6.61 Å². The van der Waals surface area contributed by atoms with Gasteiger partial charge in [-0.3, -0.25) is 0 Å². The summed E-state index contributed by atoms with van der Waals surface area (Å²) in [4.78, 5) is 10.9. The minimum Gasteiger partial charge on any atom is -0.462 e. The molecule has 0 atom stereocenters. The van der Waals surface area contributed by atoms with E-state index in [4.69, 9.17) is 4.74 Å². The number of rotatable bonds is 6. The number of carbonyl (C=O) groups is 1. The van der Waals surface area contributed by atoms with Crippen molar-refractivity contribution in [2.45, 2.75) is 33.1 Å². The van der Waals surface area contributed by atoms with E-state index in [9.17, 15) is 4.79 Å². The second-order valence-corrected chi connectivity index (χ2v) is 2.97. The van der Waals surface area contributed by atoms with Crippen molar-refractivity contribution >= 4 is 5.97 Å². The highest BCUT2D eigenvalue weighted by Gasteiger charge is 2.00. The molecule has 13 heavy (non-hydrogen) atoms. The lowest BCUT2D eigenvalue weighted by Crippen LogP contribution is -2.05. The van der Waals surface area contributed by atoms with E-state index in [-0.39, 0.29) is 5.97 Å². The van der Waals surface area contributed by atoms with E-state index < -0.39 is 0 Å². The number of hydrogen-bond donors (Lipinski definition) is 0. The first kappa shape index (κ1) is 11.9. The average molecular weight is 182 g/mol. The second kappa shape index (κ2) is 7.59. The van der Waals surface area contributed by atoms with Crippen LogP contribution < -0.4 is 0 Å². The summed E-state index contributed by atoms with van der Waals surface area (Å²) in [5.41, 5.74) is 0.456. The van der Waals surface area contributed by atoms with Crippen LogP contribution in [0.2, 0.25) is 0 Å². The van der Waals surface area contributed by atoms with Crippen LogP contribution in [0.3, 0.4) is 0 Å². The molecule has 0 rings (SSSR count). The fraction of sp³-hybridized carbons (Fsp3) is 0.545. The van der Waals surface area contributed by atoms with Gasteiger partial charge in [-0.15, -0.1) is 0 Å². The molecule has 0 bridgehead atoms. The van der Waals surface area contributed by atoms with Gasteiger partial charge in [-0.1, -0.05) is 32.1 Å². The van der Waals surface area contributed by atoms with E-state index in [0.29, 0.717) is 12.2 Å². The number of hydrogen-bond acceptors (Lipinski definition) is 2. The van der Waals surface area contributed by atoms with Crippen LogP contribution in [-0.2, 0) is 9.53 Å². The zero-order valence-corrected chi connectivity index (χ0v) is 8.51. The molecular formula is C11H18O2. The molecule has 2 nitrogen and oxygen atoms in total. The van der Waals surface area contributed by atoms with Gasteiger partial charge in [0, 0.05) is 5.57 Å². The number of unbranched alkanes of at least 4 members (excludes halogenated alkanes) is 1. The Morgan fingerprint density at radius 1 is 1.38 bits per heavy atom. The van der Waals surface area contributed by atoms with Crippen molar-refractivity contribution in [3.05, 3.63) is 24.3 Å². The Bertz CT molecular complexity index is 192. The first-order valence-corrected chi connectivity index (χ1v) is 4.66. The van der Waals surface area contributed by atoms with E-state index in [1.165, 1.54) is 0 Å². The molecule has 0 aromatic heterocycles. The average Bonchev–Trinajstić information content (AvgIpc) is 2.10. The summed E-state index contributed by atoms with van der Waals surface area (Å²) >= 11 is 0. The normalized spacial score (nSPS) is 10.3. The predicted octanol–water partition coefficient (Wildman–Crippen LogP) is 2.85. The topological polar surface area (TPSA) is 26.3 Å². The Labute approximate surface area is 80.3 Å². The van der Waals surface area contributed by atoms with Gasteiger partial charge in [0.1, 0.15) is 0 Å². The SMILES string of the molecule is C=C(C)C(=O)OCCC=CCCC. The molecule has 0 fully saturated rings. The van der Waals surface area contributed by atoms with Crippen LogP contribution in [0.5, 0.6) is 0 Å². The number of ether oxygens (including phenoxy) is 1. The Hall–Kier alpha value is -1.05. The summed E-state index contributed by atoms with van der Waals surface area (Å²) in [5.74, 6) is -0.302. The van der Waals surface area contributed by atoms with Crippen LogP contribution in [0.15, 0.2) is 24.3 Å². The minimum absolute atomic E-state index is 0.302. The molecule has 0 saturated carbocycles. The van der Waals surface area contributed by atoms with Crippen LogP contribution >= 0.6 is 0 Å². The largest absolute Gasteiger partial charge is 0.462 e. The van der Waals surface area contributed by atoms with Gasteiger partial charge >= 0.3 is 5.97 Å². The molecule has 0 amide bonds. The molecule has 0 radical (unpaired) electrons. The second-order valence-electron chi connectivity index (χ2n) is 2.97. The highest BCUT2D eigenvalue weighted by Crippen LogP contribution is 1.95. The summed E-state index contributed by atoms with van der Waals surface area (Å²) in [7, 11) is 0. The fourth-order valence-electron chi connectivity index (χ4n) is 0.745. The molecule has 0 saturated heterocycles. The Balaban J connectivity index is 3.35. The number of carbonyl (C=O) groups excluding carboxylic acids is 1. The first-order chi connectivity index (χ1) is 6.18. The van der Waals surface area contributed by atoms with Crippen molar-refractivity contribution in [3.63, 3.8) is 0 Å². The lowest BCUT2D eigenvalue weighted by atomic mass is 10.3. The van der Waals surface area contributed by atoms with Crippen molar-refractivity contribution in [1.82, 2.24) is 0 Å². The molecule has 0 aromatic rings. The molecule has 2 heteroatoms. The lowest BCUT2D eigenvalue weighted by Gasteiger charge is -2.00. The van der Waals surface area contributed by atoms with Gasteiger partial charge in [-0.2, -0.15) is 0 Å². The van der Waals surface area contributed by atoms with Crippen molar-refractivity contribution < 1.29 is 9.53 Å². The zero-order valence-electron chi connectivity index (χ0n) is 8.51. The van der Waals surface area contributed by atoms with Gasteiger partial charge in [0.15, 0.2) is 0 Å². The van der Waals surface area contributed by atoms with E-state index in [1.54, 1.807) is 6.92 Å². The summed E-state index contributed by atoms with van der Waals surface area (Å²) < 4.78 is 4.89. The maximum atomic E-state index is 10.9. The molecule has 0 aliphatic carbocycles. The molecule has 0 aliphatic rings. The van der Waals surface area contributed by atoms with Crippen molar-refractivity contribution in [3.8, 4) is 0 Å². The van der Waals surface area contributed by atoms with Crippen LogP contribution in [-0.4, -0.2) is 12.6 Å². The third-order valence-corrected chi connectivity index (χ3v) is 1.49. The number of allylic oxidation sites excluding steroid dienone is 1. The maximum absolute atomic E-state index is 10.9. The molecule has 0 spiro atoms. The van der Waals surface area contributed by atoms with Crippen LogP contribution in [0, 0.1) is 0 Å². The quantitative estimate of drug-likeness (QED) is 0.273. The lowest BCUT2D eigenvalue weighted by molar-refractivity contribution is -0.138. The van der Waals surface area contributed by atoms with Gasteiger partial charge in [-0.05, 0) is 19.8 Å². The highest BCUT2D eigenvalue weighted by molar-refractivity contribution is 5.86. The summed E-state index contributed by atoms with van der Waals surface area (Å²) in [6, 6.07) is 0. The standard InChI is InChI=1S/C11H18O2/c1-4-5-6-7-8-9-13-11(12)10(2)3/h6-7H,2,4-5,8-9H2,1,3H3. The molecular weight excluding hydrogens is 164 g/mol. The van der Waals surface area contributed by atoms with Gasteiger partial charge < -0.3 is 4.74 Å². The fourth-order valence-corrected chi connectivity index (χ4v) is 0.745. The molecule has 0 unspecified atom stereocenters. The van der Waals surface area contributed by atoms with Crippen LogP contribution in [0.4, 0.5) is 0 Å².